The maximum absolute atomic E-state index is 12.6. The molecule has 2 aliphatic rings. The van der Waals surface area contributed by atoms with Gasteiger partial charge in [-0.1, -0.05) is 0 Å². The summed E-state index contributed by atoms with van der Waals surface area (Å²) >= 11 is 0. The van der Waals surface area contributed by atoms with Crippen LogP contribution >= 0.6 is 0 Å². The predicted molar refractivity (Wildman–Crippen MR) is 34.2 cm³/mol. The number of alkyl halides is 2. The monoisotopic (exact) mass is 147 g/mol. The molecule has 0 radical (unpaired) electrons. The molecule has 0 amide bonds. The minimum atomic E-state index is -2.38. The molecule has 2 aliphatic heterocycles. The summed E-state index contributed by atoms with van der Waals surface area (Å²) in [6, 6.07) is 0.204. The smallest absolute Gasteiger partial charge is 0.262 e. The summed E-state index contributed by atoms with van der Waals surface area (Å²) in [5, 5.41) is 0. The lowest BCUT2D eigenvalue weighted by atomic mass is 10.1. The predicted octanol–water partition coefficient (Wildman–Crippen LogP) is 1.49. The maximum Gasteiger partial charge on any atom is 0.262 e. The zero-order valence-electron chi connectivity index (χ0n) is 5.82. The van der Waals surface area contributed by atoms with E-state index in [1.54, 1.807) is 0 Å². The van der Waals surface area contributed by atoms with Crippen molar-refractivity contribution < 1.29 is 8.78 Å². The maximum atomic E-state index is 12.6. The quantitative estimate of drug-likeness (QED) is 0.501. The van der Waals surface area contributed by atoms with Crippen molar-refractivity contribution in [2.24, 2.45) is 0 Å². The second-order valence-electron chi connectivity index (χ2n) is 3.33. The third kappa shape index (κ3) is 0.926. The van der Waals surface area contributed by atoms with Crippen LogP contribution in [0.1, 0.15) is 19.3 Å². The third-order valence-electron chi connectivity index (χ3n) is 2.47. The Morgan fingerprint density at radius 2 is 2.20 bits per heavy atom. The van der Waals surface area contributed by atoms with Crippen molar-refractivity contribution in [2.75, 3.05) is 13.1 Å². The number of hydrogen-bond donors (Lipinski definition) is 0. The molecule has 0 N–H and O–H groups in total. The average Bonchev–Trinajstić information content (AvgIpc) is 2.20. The van der Waals surface area contributed by atoms with Gasteiger partial charge in [0.05, 0.1) is 6.54 Å². The van der Waals surface area contributed by atoms with E-state index in [2.05, 4.69) is 0 Å². The highest BCUT2D eigenvalue weighted by Crippen LogP contribution is 2.37. The van der Waals surface area contributed by atoms with Gasteiger partial charge in [0.1, 0.15) is 0 Å². The molecule has 0 saturated carbocycles. The molecule has 0 aromatic heterocycles. The van der Waals surface area contributed by atoms with Crippen LogP contribution in [0.5, 0.6) is 0 Å². The third-order valence-corrected chi connectivity index (χ3v) is 2.47. The van der Waals surface area contributed by atoms with E-state index < -0.39 is 5.92 Å². The van der Waals surface area contributed by atoms with E-state index >= 15 is 0 Å². The Hall–Kier alpha value is -0.180. The average molecular weight is 147 g/mol. The van der Waals surface area contributed by atoms with Gasteiger partial charge in [-0.15, -0.1) is 0 Å². The Kier molecular flexibility index (Phi) is 1.24. The highest BCUT2D eigenvalue weighted by atomic mass is 19.3. The minimum absolute atomic E-state index is 0.0116. The highest BCUT2D eigenvalue weighted by Gasteiger charge is 2.46. The Balaban J connectivity index is 2.07. The van der Waals surface area contributed by atoms with Gasteiger partial charge in [-0.2, -0.15) is 0 Å². The Labute approximate surface area is 59.0 Å². The lowest BCUT2D eigenvalue weighted by Crippen LogP contribution is -2.25. The summed E-state index contributed by atoms with van der Waals surface area (Å²) in [4.78, 5) is 1.92. The number of fused-ring (bicyclic) bond motifs is 1. The van der Waals surface area contributed by atoms with Crippen molar-refractivity contribution in [2.45, 2.75) is 31.2 Å². The molecule has 0 bridgehead atoms. The highest BCUT2D eigenvalue weighted by molar-refractivity contribution is 4.93. The van der Waals surface area contributed by atoms with Gasteiger partial charge in [-0.25, -0.2) is 8.78 Å². The van der Waals surface area contributed by atoms with Crippen LogP contribution in [-0.2, 0) is 0 Å². The van der Waals surface area contributed by atoms with E-state index in [1.807, 2.05) is 4.90 Å². The minimum Gasteiger partial charge on any atom is -0.294 e. The number of hydrogen-bond acceptors (Lipinski definition) is 1. The van der Waals surface area contributed by atoms with Crippen molar-refractivity contribution in [3.8, 4) is 0 Å². The Morgan fingerprint density at radius 1 is 1.40 bits per heavy atom. The normalized spacial score (nSPS) is 38.4. The van der Waals surface area contributed by atoms with Crippen LogP contribution < -0.4 is 0 Å². The van der Waals surface area contributed by atoms with Gasteiger partial charge in [0.2, 0.25) is 0 Å². The van der Waals surface area contributed by atoms with Crippen molar-refractivity contribution >= 4 is 0 Å². The fourth-order valence-corrected chi connectivity index (χ4v) is 2.04. The zero-order chi connectivity index (χ0) is 7.19. The van der Waals surface area contributed by atoms with Crippen molar-refractivity contribution in [3.63, 3.8) is 0 Å². The standard InChI is InChI=1S/C7H11F2N/c8-7(9)4-6-2-1-3-10(6)5-7/h6H,1-5H2/t6-/m1/s1. The van der Waals surface area contributed by atoms with Crippen molar-refractivity contribution in [1.29, 1.82) is 0 Å². The van der Waals surface area contributed by atoms with E-state index in [9.17, 15) is 8.78 Å². The molecule has 2 rings (SSSR count). The second-order valence-corrected chi connectivity index (χ2v) is 3.33. The van der Waals surface area contributed by atoms with E-state index in [0.717, 1.165) is 19.4 Å². The zero-order valence-corrected chi connectivity index (χ0v) is 5.82. The van der Waals surface area contributed by atoms with Crippen LogP contribution in [-0.4, -0.2) is 30.0 Å². The summed E-state index contributed by atoms with van der Waals surface area (Å²) in [6.45, 7) is 0.901. The summed E-state index contributed by atoms with van der Waals surface area (Å²) in [7, 11) is 0. The molecule has 0 aromatic rings. The van der Waals surface area contributed by atoms with E-state index in [1.165, 1.54) is 0 Å². The lowest BCUT2D eigenvalue weighted by molar-refractivity contribution is 0.0110. The molecular weight excluding hydrogens is 136 g/mol. The first-order valence-corrected chi connectivity index (χ1v) is 3.79. The van der Waals surface area contributed by atoms with Gasteiger partial charge in [0.15, 0.2) is 0 Å². The number of nitrogens with zero attached hydrogens (tertiary/aromatic N) is 1. The van der Waals surface area contributed by atoms with Crippen LogP contribution in [0, 0.1) is 0 Å². The molecule has 0 spiro atoms. The summed E-state index contributed by atoms with van der Waals surface area (Å²) in [6.07, 6.45) is 2.20. The number of rotatable bonds is 0. The van der Waals surface area contributed by atoms with E-state index in [-0.39, 0.29) is 19.0 Å². The van der Waals surface area contributed by atoms with E-state index in [0.29, 0.717) is 0 Å². The fourth-order valence-electron chi connectivity index (χ4n) is 2.04. The van der Waals surface area contributed by atoms with Gasteiger partial charge in [-0.3, -0.25) is 4.90 Å². The van der Waals surface area contributed by atoms with Crippen LogP contribution in [0.3, 0.4) is 0 Å². The summed E-state index contributed by atoms with van der Waals surface area (Å²) < 4.78 is 25.2. The molecule has 0 unspecified atom stereocenters. The second kappa shape index (κ2) is 1.91. The first kappa shape index (κ1) is 6.53. The van der Waals surface area contributed by atoms with Crippen LogP contribution in [0.25, 0.3) is 0 Å². The molecule has 1 nitrogen and oxygen atoms in total. The Bertz CT molecular complexity index is 133. The first-order chi connectivity index (χ1) is 4.67. The lowest BCUT2D eigenvalue weighted by Gasteiger charge is -2.11. The van der Waals surface area contributed by atoms with E-state index in [4.69, 9.17) is 0 Å². The SMILES string of the molecule is FC1(F)C[C@H]2CCCN2C1. The molecule has 2 fully saturated rings. The summed E-state index contributed by atoms with van der Waals surface area (Å²) in [5.41, 5.74) is 0. The van der Waals surface area contributed by atoms with Crippen molar-refractivity contribution in [3.05, 3.63) is 0 Å². The number of halogens is 2. The fraction of sp³-hybridized carbons (Fsp3) is 1.00. The van der Waals surface area contributed by atoms with Crippen molar-refractivity contribution in [1.82, 2.24) is 4.90 Å². The molecule has 3 heteroatoms. The molecule has 2 saturated heterocycles. The molecule has 1 atom stereocenters. The van der Waals surface area contributed by atoms with Crippen LogP contribution in [0.4, 0.5) is 8.78 Å². The molecule has 2 heterocycles. The molecule has 10 heavy (non-hydrogen) atoms. The van der Waals surface area contributed by atoms with Gasteiger partial charge >= 0.3 is 0 Å². The molecular formula is C7H11F2N. The first-order valence-electron chi connectivity index (χ1n) is 3.79. The topological polar surface area (TPSA) is 3.24 Å². The van der Waals surface area contributed by atoms with Crippen LogP contribution in [0.15, 0.2) is 0 Å². The van der Waals surface area contributed by atoms with Crippen LogP contribution in [0.2, 0.25) is 0 Å². The molecule has 0 aliphatic carbocycles. The van der Waals surface area contributed by atoms with Gasteiger partial charge in [-0.05, 0) is 19.4 Å². The van der Waals surface area contributed by atoms with Gasteiger partial charge in [0, 0.05) is 12.5 Å². The molecule has 58 valence electrons. The largest absolute Gasteiger partial charge is 0.294 e. The van der Waals surface area contributed by atoms with Gasteiger partial charge in [0.25, 0.3) is 5.92 Å². The summed E-state index contributed by atoms with van der Waals surface area (Å²) in [5.74, 6) is -2.38. The molecule has 0 aromatic carbocycles. The Morgan fingerprint density at radius 3 is 2.90 bits per heavy atom. The van der Waals surface area contributed by atoms with Gasteiger partial charge < -0.3 is 0 Å².